The minimum Gasteiger partial charge on any atom is -0.194 e. The molecule has 0 saturated heterocycles. The van der Waals surface area contributed by atoms with Crippen LogP contribution < -0.4 is 5.57 Å². The van der Waals surface area contributed by atoms with Crippen LogP contribution in [0.2, 0.25) is 10.6 Å². The van der Waals surface area contributed by atoms with Gasteiger partial charge in [-0.05, 0) is 120 Å². The second-order valence-electron chi connectivity index (χ2n) is 22.1. The molecule has 0 unspecified atom stereocenters. The highest BCUT2D eigenvalue weighted by atomic mass is 35.5. The number of nitrogens with zero attached hydrogens (tertiary/aromatic N) is 3. The van der Waals surface area contributed by atoms with Gasteiger partial charge in [-0.1, -0.05) is 170 Å². The van der Waals surface area contributed by atoms with E-state index in [0.29, 0.717) is 5.57 Å². The van der Waals surface area contributed by atoms with Crippen molar-refractivity contribution in [2.24, 2.45) is 0 Å². The van der Waals surface area contributed by atoms with Crippen molar-refractivity contribution >= 4 is 53.9 Å². The first kappa shape index (κ1) is 43.2. The lowest BCUT2D eigenvalue weighted by Crippen LogP contribution is -2.37. The Balaban J connectivity index is 2.52. The number of rotatable bonds is 3. The lowest BCUT2D eigenvalue weighted by Gasteiger charge is -2.47. The first-order chi connectivity index (χ1) is 23.1. The molecule has 0 spiro atoms. The monoisotopic (exact) mass is 781 g/mol. The zero-order chi connectivity index (χ0) is 40.1. The van der Waals surface area contributed by atoms with Gasteiger partial charge in [0.2, 0.25) is 10.6 Å². The Kier molecular flexibility index (Phi) is 11.3. The normalized spacial score (nSPS) is 17.5. The van der Waals surface area contributed by atoms with Crippen LogP contribution in [0.4, 0.5) is 0 Å². The maximum absolute atomic E-state index is 6.70. The largest absolute Gasteiger partial charge is 0.227 e. The summed E-state index contributed by atoms with van der Waals surface area (Å²) in [7, 11) is -2.06. The molecule has 0 atom stereocenters. The fourth-order valence-corrected chi connectivity index (χ4v) is 16.3. The van der Waals surface area contributed by atoms with Crippen LogP contribution >= 0.6 is 38.3 Å². The van der Waals surface area contributed by atoms with E-state index in [-0.39, 0.29) is 48.2 Å². The van der Waals surface area contributed by atoms with Gasteiger partial charge in [0.15, 0.2) is 5.57 Å². The number of aromatic nitrogens is 3. The molecule has 1 aliphatic heterocycles. The quantitative estimate of drug-likeness (QED) is 0.248. The molecule has 4 rings (SSSR count). The van der Waals surface area contributed by atoms with Crippen LogP contribution in [0.15, 0.2) is 24.3 Å². The van der Waals surface area contributed by atoms with Crippen LogP contribution in [0, 0.1) is 0 Å². The number of hydrogen-bond donors (Lipinski definition) is 0. The van der Waals surface area contributed by atoms with E-state index in [4.69, 9.17) is 33.2 Å². The predicted octanol–water partition coefficient (Wildman–Crippen LogP) is 13.7. The summed E-state index contributed by atoms with van der Waals surface area (Å²) in [6.45, 7) is 49.7. The summed E-state index contributed by atoms with van der Waals surface area (Å²) in [6.07, 6.45) is 0. The molecule has 0 N–H and O–H groups in total. The van der Waals surface area contributed by atoms with Crippen LogP contribution in [0.25, 0.3) is 0 Å². The van der Waals surface area contributed by atoms with Gasteiger partial charge in [0.05, 0.1) is 0 Å². The molecule has 0 saturated carbocycles. The molecule has 0 fully saturated rings. The molecule has 3 nitrogen and oxygen atoms in total. The van der Waals surface area contributed by atoms with Gasteiger partial charge in [-0.15, -0.1) is 0 Å². The van der Waals surface area contributed by atoms with Crippen molar-refractivity contribution in [3.05, 3.63) is 79.3 Å². The first-order valence-electron chi connectivity index (χ1n) is 18.9. The van der Waals surface area contributed by atoms with E-state index >= 15 is 0 Å². The fourth-order valence-electron chi connectivity index (χ4n) is 7.04. The summed E-state index contributed by atoms with van der Waals surface area (Å²) in [5.74, 6) is 0. The summed E-state index contributed by atoms with van der Waals surface area (Å²) < 4.78 is 0. The molecule has 0 aliphatic carbocycles. The third-order valence-corrected chi connectivity index (χ3v) is 17.2. The SMILES string of the molecule is CC(C)(C)c1cc(C(C)(C)C)c(C2=P(c3nc(Cl)nc(Cl)n3)=C(c3c(C(C)(C)C)cc(C(C)(C)C)cc3C(C)(C)C)P2C(C)(C)C)c(C(C)(C)C)c1. The Morgan fingerprint density at radius 2 is 0.673 bits per heavy atom. The van der Waals surface area contributed by atoms with Crippen LogP contribution in [0.1, 0.15) is 190 Å². The number of hydrogen-bond acceptors (Lipinski definition) is 3. The molecule has 2 heterocycles. The summed E-state index contributed by atoms with van der Waals surface area (Å²) in [5, 5.41) is 3.21. The van der Waals surface area contributed by atoms with Gasteiger partial charge in [-0.25, -0.2) is 0 Å². The van der Waals surface area contributed by atoms with E-state index in [1.807, 2.05) is 0 Å². The van der Waals surface area contributed by atoms with Crippen LogP contribution in [-0.2, 0) is 32.5 Å². The highest BCUT2D eigenvalue weighted by Gasteiger charge is 2.47. The molecule has 1 aliphatic rings. The predicted molar refractivity (Wildman–Crippen MR) is 236 cm³/mol. The second-order valence-corrected chi connectivity index (χ2v) is 28.3. The van der Waals surface area contributed by atoms with Crippen molar-refractivity contribution in [1.29, 1.82) is 0 Å². The minimum atomic E-state index is -1.21. The summed E-state index contributed by atoms with van der Waals surface area (Å²) >= 11 is 13.4. The minimum absolute atomic E-state index is 0.00707. The maximum atomic E-state index is 6.70. The molecule has 3 aromatic rings. The van der Waals surface area contributed by atoms with E-state index < -0.39 is 15.1 Å². The summed E-state index contributed by atoms with van der Waals surface area (Å²) in [6, 6.07) is 10.0. The average molecular weight is 783 g/mol. The van der Waals surface area contributed by atoms with E-state index in [0.717, 1.165) is 0 Å². The van der Waals surface area contributed by atoms with Crippen molar-refractivity contribution in [2.45, 2.75) is 183 Å². The Morgan fingerprint density at radius 3 is 0.885 bits per heavy atom. The van der Waals surface area contributed by atoms with Crippen molar-refractivity contribution in [3.63, 3.8) is 0 Å². The van der Waals surface area contributed by atoms with Crippen LogP contribution in [0.3, 0.4) is 0 Å². The third kappa shape index (κ3) is 8.65. The Hall–Kier alpha value is -1.50. The van der Waals surface area contributed by atoms with Gasteiger partial charge in [0.25, 0.3) is 0 Å². The Bertz CT molecular complexity index is 1780. The fraction of sp³-hybridized carbons (Fsp3) is 0.622. The Labute approximate surface area is 329 Å². The Morgan fingerprint density at radius 1 is 0.404 bits per heavy atom. The molecule has 0 amide bonds. The molecule has 286 valence electrons. The van der Waals surface area contributed by atoms with Gasteiger partial charge < -0.3 is 0 Å². The molecule has 52 heavy (non-hydrogen) atoms. The summed E-state index contributed by atoms with van der Waals surface area (Å²) in [5.41, 5.74) is 11.3. The van der Waals surface area contributed by atoms with Gasteiger partial charge >= 0.3 is 0 Å². The van der Waals surface area contributed by atoms with Gasteiger partial charge in [0.1, 0.15) is 0 Å². The van der Waals surface area contributed by atoms with Gasteiger partial charge in [-0.2, -0.15) is 15.0 Å². The molecule has 0 radical (unpaired) electrons. The van der Waals surface area contributed by atoms with Gasteiger partial charge in [0, 0.05) is 10.1 Å². The lowest BCUT2D eigenvalue weighted by molar-refractivity contribution is 0.546. The maximum Gasteiger partial charge on any atom is 0.227 e. The zero-order valence-electron chi connectivity index (χ0n) is 36.3. The standard InChI is InChI=1S/C45H67Cl2N3P2/c1-39(2,3)26-22-28(41(7,8)9)32(29(23-26)42(10,11)12)34-51(38-49-36(46)48-37(47)50-38)35(52(34)45(19,20)21)33-30(43(13,14)15)24-27(40(4,5)6)25-31(33)44(16,17)18/h22-25H,1-21H3. The summed E-state index contributed by atoms with van der Waals surface area (Å²) in [4.78, 5) is 14.2. The molecular formula is C45H67Cl2N3P2. The van der Waals surface area contributed by atoms with Crippen LogP contribution in [-0.4, -0.2) is 30.2 Å². The number of halogens is 2. The van der Waals surface area contributed by atoms with Crippen LogP contribution in [0.5, 0.6) is 0 Å². The molecule has 0 bridgehead atoms. The average Bonchev–Trinajstić information content (AvgIpc) is 2.87. The van der Waals surface area contributed by atoms with Crippen molar-refractivity contribution < 1.29 is 0 Å². The molecular weight excluding hydrogens is 715 g/mol. The molecule has 1 aromatic heterocycles. The molecule has 2 aromatic carbocycles. The van der Waals surface area contributed by atoms with E-state index in [2.05, 4.69) is 175 Å². The second kappa shape index (κ2) is 13.6. The van der Waals surface area contributed by atoms with Crippen molar-refractivity contribution in [3.8, 4) is 0 Å². The van der Waals surface area contributed by atoms with Crippen molar-refractivity contribution in [2.75, 3.05) is 0 Å². The van der Waals surface area contributed by atoms with E-state index in [9.17, 15) is 0 Å². The van der Waals surface area contributed by atoms with Crippen molar-refractivity contribution in [1.82, 2.24) is 15.0 Å². The molecule has 7 heteroatoms. The topological polar surface area (TPSA) is 38.7 Å². The third-order valence-electron chi connectivity index (χ3n) is 9.98. The smallest absolute Gasteiger partial charge is 0.194 e. The first-order valence-corrected chi connectivity index (χ1v) is 22.3. The lowest BCUT2D eigenvalue weighted by atomic mass is 9.72. The van der Waals surface area contributed by atoms with Gasteiger partial charge in [-0.3, -0.25) is 0 Å². The highest BCUT2D eigenvalue weighted by Crippen LogP contribution is 2.69. The zero-order valence-corrected chi connectivity index (χ0v) is 39.6. The highest BCUT2D eigenvalue weighted by molar-refractivity contribution is 8.17. The van der Waals surface area contributed by atoms with E-state index in [1.54, 1.807) is 0 Å². The van der Waals surface area contributed by atoms with E-state index in [1.165, 1.54) is 54.6 Å². The number of benzene rings is 2.